The van der Waals surface area contributed by atoms with E-state index < -0.39 is 0 Å². The molecule has 1 amide bonds. The number of hydrogen-bond donors (Lipinski definition) is 0. The molecule has 120 valence electrons. The molecule has 1 aromatic rings. The molecular formula is C17H24N2O3. The quantitative estimate of drug-likeness (QED) is 0.854. The SMILES string of the molecule is CN(C)c1ccc(C2CN(C(=O)C3CCCO3)CCO2)cc1. The molecule has 0 spiro atoms. The summed E-state index contributed by atoms with van der Waals surface area (Å²) in [5.74, 6) is 0.121. The maximum Gasteiger partial charge on any atom is 0.251 e. The normalized spacial score (nSPS) is 25.3. The van der Waals surface area contributed by atoms with E-state index in [1.807, 2.05) is 19.0 Å². The maximum absolute atomic E-state index is 12.5. The summed E-state index contributed by atoms with van der Waals surface area (Å²) in [6.45, 7) is 2.56. The highest BCUT2D eigenvalue weighted by Gasteiger charge is 2.32. The van der Waals surface area contributed by atoms with E-state index in [4.69, 9.17) is 9.47 Å². The van der Waals surface area contributed by atoms with Crippen LogP contribution in [-0.2, 0) is 14.3 Å². The summed E-state index contributed by atoms with van der Waals surface area (Å²) >= 11 is 0. The van der Waals surface area contributed by atoms with Gasteiger partial charge in [0.25, 0.3) is 5.91 Å². The average molecular weight is 304 g/mol. The summed E-state index contributed by atoms with van der Waals surface area (Å²) in [6, 6.07) is 8.33. The van der Waals surface area contributed by atoms with Crippen molar-refractivity contribution in [3.05, 3.63) is 29.8 Å². The Labute approximate surface area is 131 Å². The highest BCUT2D eigenvalue weighted by Crippen LogP contribution is 2.26. The molecule has 2 atom stereocenters. The van der Waals surface area contributed by atoms with Crippen LogP contribution in [0.3, 0.4) is 0 Å². The van der Waals surface area contributed by atoms with E-state index in [9.17, 15) is 4.79 Å². The molecule has 0 radical (unpaired) electrons. The van der Waals surface area contributed by atoms with Crippen molar-refractivity contribution in [2.24, 2.45) is 0 Å². The Bertz CT molecular complexity index is 509. The van der Waals surface area contributed by atoms with E-state index in [2.05, 4.69) is 29.2 Å². The van der Waals surface area contributed by atoms with Crippen molar-refractivity contribution in [1.29, 1.82) is 0 Å². The molecule has 22 heavy (non-hydrogen) atoms. The molecule has 2 unspecified atom stereocenters. The summed E-state index contributed by atoms with van der Waals surface area (Å²) in [6.07, 6.45) is 1.54. The summed E-state index contributed by atoms with van der Waals surface area (Å²) in [4.78, 5) is 16.4. The van der Waals surface area contributed by atoms with Gasteiger partial charge in [-0.25, -0.2) is 0 Å². The summed E-state index contributed by atoms with van der Waals surface area (Å²) in [5.41, 5.74) is 2.28. The third-order valence-electron chi connectivity index (χ3n) is 4.36. The van der Waals surface area contributed by atoms with Gasteiger partial charge in [0, 0.05) is 32.9 Å². The van der Waals surface area contributed by atoms with Gasteiger partial charge in [-0.1, -0.05) is 12.1 Å². The number of morpholine rings is 1. The lowest BCUT2D eigenvalue weighted by molar-refractivity contribution is -0.148. The minimum Gasteiger partial charge on any atom is -0.378 e. The lowest BCUT2D eigenvalue weighted by Crippen LogP contribution is -2.46. The molecule has 2 aliphatic heterocycles. The number of ether oxygens (including phenoxy) is 2. The smallest absolute Gasteiger partial charge is 0.251 e. The third-order valence-corrected chi connectivity index (χ3v) is 4.36. The lowest BCUT2D eigenvalue weighted by atomic mass is 10.1. The minimum absolute atomic E-state index is 0.0460. The second-order valence-corrected chi connectivity index (χ2v) is 6.13. The van der Waals surface area contributed by atoms with Crippen LogP contribution < -0.4 is 4.90 Å². The molecule has 1 aromatic carbocycles. The summed E-state index contributed by atoms with van der Waals surface area (Å²) in [7, 11) is 4.04. The molecule has 0 saturated carbocycles. The Morgan fingerprint density at radius 3 is 2.59 bits per heavy atom. The molecule has 2 saturated heterocycles. The molecule has 3 rings (SSSR count). The zero-order valence-electron chi connectivity index (χ0n) is 13.3. The predicted molar refractivity (Wildman–Crippen MR) is 85.0 cm³/mol. The molecule has 2 fully saturated rings. The number of carbonyl (C=O) groups excluding carboxylic acids is 1. The highest BCUT2D eigenvalue weighted by molar-refractivity contribution is 5.81. The molecule has 2 heterocycles. The van der Waals surface area contributed by atoms with Crippen LogP contribution in [0.5, 0.6) is 0 Å². The van der Waals surface area contributed by atoms with Gasteiger partial charge in [0.1, 0.15) is 12.2 Å². The van der Waals surface area contributed by atoms with Crippen molar-refractivity contribution >= 4 is 11.6 Å². The zero-order chi connectivity index (χ0) is 15.5. The van der Waals surface area contributed by atoms with Crippen molar-refractivity contribution in [3.63, 3.8) is 0 Å². The van der Waals surface area contributed by atoms with Gasteiger partial charge >= 0.3 is 0 Å². The van der Waals surface area contributed by atoms with Crippen molar-refractivity contribution in [2.75, 3.05) is 45.3 Å². The topological polar surface area (TPSA) is 42.0 Å². The summed E-state index contributed by atoms with van der Waals surface area (Å²) < 4.78 is 11.4. The number of benzene rings is 1. The maximum atomic E-state index is 12.5. The molecule has 0 aromatic heterocycles. The van der Waals surface area contributed by atoms with Crippen molar-refractivity contribution in [2.45, 2.75) is 25.0 Å². The van der Waals surface area contributed by atoms with Gasteiger partial charge in [-0.05, 0) is 30.5 Å². The molecule has 5 heteroatoms. The van der Waals surface area contributed by atoms with Crippen LogP contribution in [0, 0.1) is 0 Å². The first kappa shape index (κ1) is 15.3. The fourth-order valence-electron chi connectivity index (χ4n) is 3.01. The van der Waals surface area contributed by atoms with Crippen LogP contribution in [0.2, 0.25) is 0 Å². The van der Waals surface area contributed by atoms with E-state index in [0.717, 1.165) is 24.1 Å². The Hall–Kier alpha value is -1.59. The molecular weight excluding hydrogens is 280 g/mol. The van der Waals surface area contributed by atoms with Gasteiger partial charge in [0.15, 0.2) is 0 Å². The largest absolute Gasteiger partial charge is 0.378 e. The number of rotatable bonds is 3. The van der Waals surface area contributed by atoms with E-state index in [0.29, 0.717) is 26.3 Å². The lowest BCUT2D eigenvalue weighted by Gasteiger charge is -2.34. The molecule has 0 N–H and O–H groups in total. The Morgan fingerprint density at radius 2 is 1.95 bits per heavy atom. The van der Waals surface area contributed by atoms with Gasteiger partial charge in [-0.15, -0.1) is 0 Å². The fraction of sp³-hybridized carbons (Fsp3) is 0.588. The van der Waals surface area contributed by atoms with E-state index in [1.165, 1.54) is 0 Å². The number of amides is 1. The second-order valence-electron chi connectivity index (χ2n) is 6.13. The first-order chi connectivity index (χ1) is 10.6. The van der Waals surface area contributed by atoms with Crippen molar-refractivity contribution in [3.8, 4) is 0 Å². The second kappa shape index (κ2) is 6.67. The first-order valence-corrected chi connectivity index (χ1v) is 7.94. The first-order valence-electron chi connectivity index (χ1n) is 7.94. The van der Waals surface area contributed by atoms with Gasteiger partial charge in [-0.2, -0.15) is 0 Å². The molecule has 0 bridgehead atoms. The molecule has 5 nitrogen and oxygen atoms in total. The Morgan fingerprint density at radius 1 is 1.18 bits per heavy atom. The van der Waals surface area contributed by atoms with E-state index in [-0.39, 0.29) is 18.1 Å². The number of hydrogen-bond acceptors (Lipinski definition) is 4. The van der Waals surface area contributed by atoms with E-state index in [1.54, 1.807) is 0 Å². The van der Waals surface area contributed by atoms with Crippen LogP contribution >= 0.6 is 0 Å². The van der Waals surface area contributed by atoms with Crippen LogP contribution in [0.1, 0.15) is 24.5 Å². The third kappa shape index (κ3) is 3.25. The van der Waals surface area contributed by atoms with Gasteiger partial charge < -0.3 is 19.3 Å². The molecule has 2 aliphatic rings. The average Bonchev–Trinajstić information content (AvgIpc) is 3.09. The highest BCUT2D eigenvalue weighted by atomic mass is 16.5. The monoisotopic (exact) mass is 304 g/mol. The zero-order valence-corrected chi connectivity index (χ0v) is 13.3. The Balaban J connectivity index is 1.65. The molecule has 0 aliphatic carbocycles. The fourth-order valence-corrected chi connectivity index (χ4v) is 3.01. The van der Waals surface area contributed by atoms with Crippen LogP contribution in [0.4, 0.5) is 5.69 Å². The van der Waals surface area contributed by atoms with Crippen LogP contribution in [-0.4, -0.2) is 57.3 Å². The van der Waals surface area contributed by atoms with Crippen LogP contribution in [0.25, 0.3) is 0 Å². The van der Waals surface area contributed by atoms with Crippen molar-refractivity contribution in [1.82, 2.24) is 4.90 Å². The number of carbonyl (C=O) groups is 1. The van der Waals surface area contributed by atoms with Gasteiger partial charge in [0.2, 0.25) is 0 Å². The number of anilines is 1. The summed E-state index contributed by atoms with van der Waals surface area (Å²) in [5, 5.41) is 0. The minimum atomic E-state index is -0.241. The van der Waals surface area contributed by atoms with Gasteiger partial charge in [0.05, 0.1) is 13.2 Å². The predicted octanol–water partition coefficient (Wildman–Crippen LogP) is 1.83. The van der Waals surface area contributed by atoms with Crippen molar-refractivity contribution < 1.29 is 14.3 Å². The van der Waals surface area contributed by atoms with E-state index >= 15 is 0 Å². The number of nitrogens with zero attached hydrogens (tertiary/aromatic N) is 2. The van der Waals surface area contributed by atoms with Crippen LogP contribution in [0.15, 0.2) is 24.3 Å². The Kier molecular flexibility index (Phi) is 4.64. The standard InChI is InChI=1S/C17H24N2O3/c1-18(2)14-7-5-13(6-8-14)16-12-19(9-11-22-16)17(20)15-4-3-10-21-15/h5-8,15-16H,3-4,9-12H2,1-2H3. The van der Waals surface area contributed by atoms with Gasteiger partial charge in [-0.3, -0.25) is 4.79 Å².